The molecule has 0 amide bonds. The first-order valence-corrected chi connectivity index (χ1v) is 30.6. The van der Waals surface area contributed by atoms with E-state index in [1.165, 1.54) is 36.4 Å². The molecule has 486 valence electrons. The molecule has 0 spiro atoms. The second-order valence-corrected chi connectivity index (χ2v) is 23.8. The number of aromatic nitrogens is 6. The minimum atomic E-state index is -2.95. The quantitative estimate of drug-likeness (QED) is 0.0780. The number of nitrogens with one attached hydrogen (secondary N) is 2. The van der Waals surface area contributed by atoms with E-state index in [9.17, 15) is 26.3 Å². The first-order chi connectivity index (χ1) is 45.1. The maximum absolute atomic E-state index is 15.4. The molecule has 13 rings (SSSR count). The summed E-state index contributed by atoms with van der Waals surface area (Å²) in [4.78, 5) is 31.3. The van der Waals surface area contributed by atoms with Gasteiger partial charge in [0.2, 0.25) is 0 Å². The number of pyridine rings is 6. The molecular weight excluding hydrogens is 1300 g/mol. The largest absolute Gasteiger partial charge is 0.494 e. The van der Waals surface area contributed by atoms with Gasteiger partial charge < -0.3 is 48.7 Å². The van der Waals surface area contributed by atoms with Gasteiger partial charge in [0, 0.05) is 104 Å². The van der Waals surface area contributed by atoms with Crippen LogP contribution >= 0.6 is 15.9 Å². The Morgan fingerprint density at radius 2 is 0.979 bits per heavy atom. The van der Waals surface area contributed by atoms with Gasteiger partial charge in [0.15, 0.2) is 0 Å². The molecular formula is C68H62BBrF8N10O6. The molecule has 10 aromatic rings. The number of hydrogen-bond donors (Lipinski definition) is 2. The van der Waals surface area contributed by atoms with Gasteiger partial charge in [-0.25, -0.2) is 37.5 Å². The number of ether oxygens (including phenoxy) is 4. The normalized spacial score (nSPS) is 15.2. The van der Waals surface area contributed by atoms with E-state index in [0.29, 0.717) is 118 Å². The van der Waals surface area contributed by atoms with Gasteiger partial charge in [-0.2, -0.15) is 17.6 Å². The lowest BCUT2D eigenvalue weighted by Gasteiger charge is -2.32. The van der Waals surface area contributed by atoms with Crippen LogP contribution in [0.4, 0.5) is 69.5 Å². The average Bonchev–Trinajstić information content (AvgIpc) is 1.40. The summed E-state index contributed by atoms with van der Waals surface area (Å²) in [6.07, 6.45) is 6.66. The van der Waals surface area contributed by atoms with Gasteiger partial charge in [0.25, 0.3) is 0 Å². The molecule has 3 fully saturated rings. The van der Waals surface area contributed by atoms with Crippen molar-refractivity contribution in [3.63, 3.8) is 0 Å². The lowest BCUT2D eigenvalue weighted by atomic mass is 9.79. The van der Waals surface area contributed by atoms with Crippen LogP contribution in [0, 0.1) is 37.1 Å². The molecule has 9 heterocycles. The summed E-state index contributed by atoms with van der Waals surface area (Å²) < 4.78 is 141. The summed E-state index contributed by atoms with van der Waals surface area (Å²) >= 11 is 3.54. The van der Waals surface area contributed by atoms with E-state index in [1.54, 1.807) is 74.2 Å². The van der Waals surface area contributed by atoms with Gasteiger partial charge in [0.05, 0.1) is 109 Å². The maximum Gasteiger partial charge on any atom is 0.494 e. The van der Waals surface area contributed by atoms with Gasteiger partial charge in [0.1, 0.15) is 46.4 Å². The summed E-state index contributed by atoms with van der Waals surface area (Å²) in [6, 6.07) is 31.1. The molecule has 2 N–H and O–H groups in total. The highest BCUT2D eigenvalue weighted by molar-refractivity contribution is 9.10. The Morgan fingerprint density at radius 3 is 1.43 bits per heavy atom. The van der Waals surface area contributed by atoms with E-state index in [-0.39, 0.29) is 33.3 Å². The van der Waals surface area contributed by atoms with Crippen LogP contribution in [0.5, 0.6) is 11.5 Å². The lowest BCUT2D eigenvalue weighted by Crippen LogP contribution is -2.41. The van der Waals surface area contributed by atoms with Crippen LogP contribution < -0.4 is 35.4 Å². The predicted octanol–water partition coefficient (Wildman–Crippen LogP) is 15.3. The van der Waals surface area contributed by atoms with E-state index in [0.717, 1.165) is 36.5 Å². The third kappa shape index (κ3) is 15.1. The standard InChI is InChI=1S/C31H25F4N5O2.C24H20BrF2N5O.C13H17BF2O3/c1-18-29(24-4-2-3-9-36-24)39-26-15-20(32)14-23(33)28(26)30(18)38-25-16-27(40-10-12-41-13-11-40)37-17-22(25)19-5-7-21(8-6-19)42-31(34)35;1-14-23(18-4-2-3-5-28-18)31-20-11-15(26)10-17(27)22(20)24(14)30-19-12-21(29-13-16(19)25)32-6-8-33-9-7-32;1-12(2)13(3,4)19-14(18-12)9-5-7-10(8-6-9)17-11(15)16/h2-9,14-17,31H,10-13H2,1H3,(H,37,38,39);2-5,10-13H,6-9H2,1H3,(H,29,30,31);5-8,11H,1-4H3. The van der Waals surface area contributed by atoms with Crippen LogP contribution in [0.3, 0.4) is 0 Å². The molecule has 0 aliphatic carbocycles. The monoisotopic (exact) mass is 1360 g/mol. The van der Waals surface area contributed by atoms with Gasteiger partial charge in [-0.3, -0.25) is 9.97 Å². The zero-order valence-electron chi connectivity index (χ0n) is 51.7. The highest BCUT2D eigenvalue weighted by Crippen LogP contribution is 2.43. The van der Waals surface area contributed by atoms with Crippen molar-refractivity contribution in [1.29, 1.82) is 0 Å². The minimum Gasteiger partial charge on any atom is -0.435 e. The van der Waals surface area contributed by atoms with Crippen molar-refractivity contribution in [2.24, 2.45) is 0 Å². The van der Waals surface area contributed by atoms with Gasteiger partial charge in [-0.15, -0.1) is 0 Å². The Morgan fingerprint density at radius 1 is 0.543 bits per heavy atom. The van der Waals surface area contributed by atoms with Crippen LogP contribution in [0.1, 0.15) is 38.8 Å². The van der Waals surface area contributed by atoms with Crippen LogP contribution in [0.2, 0.25) is 0 Å². The van der Waals surface area contributed by atoms with E-state index >= 15 is 8.78 Å². The van der Waals surface area contributed by atoms with Crippen molar-refractivity contribution in [3.05, 3.63) is 185 Å². The highest BCUT2D eigenvalue weighted by atomic mass is 79.9. The fourth-order valence-corrected chi connectivity index (χ4v) is 11.0. The van der Waals surface area contributed by atoms with Crippen molar-refractivity contribution < 1.29 is 63.4 Å². The van der Waals surface area contributed by atoms with Crippen molar-refractivity contribution in [2.75, 3.05) is 73.0 Å². The number of anilines is 6. The molecule has 0 bridgehead atoms. The Kier molecular flexibility index (Phi) is 20.2. The molecule has 16 nitrogen and oxygen atoms in total. The summed E-state index contributed by atoms with van der Waals surface area (Å²) in [5.74, 6) is -1.29. The number of nitrogens with zero attached hydrogens (tertiary/aromatic N) is 8. The van der Waals surface area contributed by atoms with Gasteiger partial charge in [-0.05, 0) is 117 Å². The third-order valence-electron chi connectivity index (χ3n) is 16.2. The smallest absolute Gasteiger partial charge is 0.435 e. The molecule has 0 unspecified atom stereocenters. The first-order valence-electron chi connectivity index (χ1n) is 29.8. The molecule has 0 saturated carbocycles. The number of hydrogen-bond acceptors (Lipinski definition) is 16. The van der Waals surface area contributed by atoms with Crippen molar-refractivity contribution in [2.45, 2.75) is 66.0 Å². The Balaban J connectivity index is 0.000000154. The molecule has 3 aliphatic rings. The zero-order chi connectivity index (χ0) is 66.4. The molecule has 94 heavy (non-hydrogen) atoms. The molecule has 3 saturated heterocycles. The Bertz CT molecular complexity index is 4300. The number of rotatable bonds is 14. The maximum atomic E-state index is 15.4. The predicted molar refractivity (Wildman–Crippen MR) is 349 cm³/mol. The number of halogens is 9. The second-order valence-electron chi connectivity index (χ2n) is 22.9. The Hall–Kier alpha value is -9.08. The van der Waals surface area contributed by atoms with Crippen molar-refractivity contribution in [3.8, 4) is 45.4 Å². The number of benzene rings is 4. The summed E-state index contributed by atoms with van der Waals surface area (Å²) in [7, 11) is -0.495. The van der Waals surface area contributed by atoms with E-state index in [4.69, 9.17) is 18.8 Å². The summed E-state index contributed by atoms with van der Waals surface area (Å²) in [6.45, 7) is 10.9. The highest BCUT2D eigenvalue weighted by Gasteiger charge is 2.51. The van der Waals surface area contributed by atoms with Crippen LogP contribution in [-0.2, 0) is 18.8 Å². The topological polar surface area (TPSA) is 163 Å². The molecule has 0 radical (unpaired) electrons. The third-order valence-corrected chi connectivity index (χ3v) is 16.9. The summed E-state index contributed by atoms with van der Waals surface area (Å²) in [5.41, 5.74) is 7.19. The second kappa shape index (κ2) is 28.7. The summed E-state index contributed by atoms with van der Waals surface area (Å²) in [5, 5.41) is 7.09. The van der Waals surface area contributed by atoms with E-state index in [1.807, 2.05) is 65.0 Å². The molecule has 4 aromatic carbocycles. The molecule has 26 heteroatoms. The minimum absolute atomic E-state index is 0.0150. The lowest BCUT2D eigenvalue weighted by molar-refractivity contribution is -0.0505. The number of alkyl halides is 4. The Labute approximate surface area is 544 Å². The number of morpholine rings is 2. The molecule has 0 atom stereocenters. The molecule has 3 aliphatic heterocycles. The van der Waals surface area contributed by atoms with E-state index in [2.05, 4.69) is 75.7 Å². The van der Waals surface area contributed by atoms with E-state index < -0.39 is 54.8 Å². The first kappa shape index (κ1) is 66.4. The fraction of sp³-hybridized carbons (Fsp3) is 0.265. The zero-order valence-corrected chi connectivity index (χ0v) is 53.3. The van der Waals surface area contributed by atoms with Crippen LogP contribution in [0.15, 0.2) is 151 Å². The van der Waals surface area contributed by atoms with Gasteiger partial charge in [-0.1, -0.05) is 36.4 Å². The fourth-order valence-electron chi connectivity index (χ4n) is 10.7. The van der Waals surface area contributed by atoms with Crippen LogP contribution in [0.25, 0.3) is 55.7 Å². The molecule has 6 aromatic heterocycles. The van der Waals surface area contributed by atoms with Crippen molar-refractivity contribution >= 4 is 84.7 Å². The van der Waals surface area contributed by atoms with Gasteiger partial charge >= 0.3 is 20.3 Å². The average molecular weight is 1360 g/mol. The SMILES string of the molecule is CC1(C)OB(c2ccc(OC(F)F)cc2)OC1(C)C.Cc1c(-c2ccccn2)nc2cc(F)cc(F)c2c1Nc1cc(N2CCOCC2)ncc1-c1ccc(OC(F)F)cc1.Cc1c(-c2ccccn2)nc2cc(F)cc(F)c2c1Nc1cc(N2CCOCC2)ncc1Br. The van der Waals surface area contributed by atoms with Crippen LogP contribution in [-0.4, -0.2) is 114 Å². The number of fused-ring (bicyclic) bond motifs is 2. The van der Waals surface area contributed by atoms with Crippen molar-refractivity contribution in [1.82, 2.24) is 29.9 Å².